The quantitative estimate of drug-likeness (QED) is 0.694. The predicted molar refractivity (Wildman–Crippen MR) is 52.1 cm³/mol. The van der Waals surface area contributed by atoms with E-state index in [0.717, 1.165) is 6.54 Å². The molecule has 12 heavy (non-hydrogen) atoms. The van der Waals surface area contributed by atoms with E-state index in [1.54, 1.807) is 12.3 Å². The first-order chi connectivity index (χ1) is 5.35. The summed E-state index contributed by atoms with van der Waals surface area (Å²) in [6, 6.07) is 5.44. The summed E-state index contributed by atoms with van der Waals surface area (Å²) in [6.45, 7) is 2.68. The van der Waals surface area contributed by atoms with Crippen molar-refractivity contribution < 1.29 is 5.11 Å². The van der Waals surface area contributed by atoms with Crippen LogP contribution in [-0.2, 0) is 6.61 Å². The fraction of sp³-hybridized carbons (Fsp3) is 0.375. The van der Waals surface area contributed by atoms with Crippen LogP contribution in [0.2, 0.25) is 0 Å². The smallest absolute Gasteiger partial charge is 0.0852 e. The average molecular weight is 191 g/mol. The summed E-state index contributed by atoms with van der Waals surface area (Å²) >= 11 is 0. The number of hydrogen-bond acceptors (Lipinski definition) is 3. The normalized spacial score (nSPS) is 7.58. The summed E-state index contributed by atoms with van der Waals surface area (Å²) in [6.07, 6.45) is 1.66. The topological polar surface area (TPSA) is 59.1 Å². The largest absolute Gasteiger partial charge is 0.390 e. The van der Waals surface area contributed by atoms with E-state index >= 15 is 0 Å². The van der Waals surface area contributed by atoms with Crippen LogP contribution in [-0.4, -0.2) is 16.6 Å². The number of hydrogen-bond donors (Lipinski definition) is 2. The highest BCUT2D eigenvalue weighted by atomic mass is 35.5. The Labute approximate surface area is 79.0 Å². The first-order valence-corrected chi connectivity index (χ1v) is 3.56. The fourth-order valence-electron chi connectivity index (χ4n) is 0.492. The Morgan fingerprint density at radius 3 is 2.33 bits per heavy atom. The number of pyridine rings is 1. The van der Waals surface area contributed by atoms with E-state index < -0.39 is 0 Å². The van der Waals surface area contributed by atoms with Gasteiger partial charge in [-0.1, -0.05) is 13.0 Å². The standard InChI is InChI=1S/C6H7NO.C2H7N.ClH/c8-5-6-3-1-2-4-7-6;1-2-3;/h1-4,8H,5H2;2-3H2,1H3;1H. The van der Waals surface area contributed by atoms with Gasteiger partial charge < -0.3 is 10.8 Å². The Morgan fingerprint density at radius 1 is 1.50 bits per heavy atom. The van der Waals surface area contributed by atoms with Gasteiger partial charge in [0, 0.05) is 6.20 Å². The molecule has 0 aliphatic rings. The van der Waals surface area contributed by atoms with E-state index in [2.05, 4.69) is 4.98 Å². The van der Waals surface area contributed by atoms with Crippen molar-refractivity contribution in [2.75, 3.05) is 6.54 Å². The third-order valence-corrected chi connectivity index (χ3v) is 0.888. The van der Waals surface area contributed by atoms with Crippen molar-refractivity contribution in [1.29, 1.82) is 0 Å². The van der Waals surface area contributed by atoms with Crippen molar-refractivity contribution in [2.24, 2.45) is 5.73 Å². The lowest BCUT2D eigenvalue weighted by atomic mass is 10.4. The maximum absolute atomic E-state index is 8.48. The lowest BCUT2D eigenvalue weighted by Crippen LogP contribution is -1.87. The second kappa shape index (κ2) is 10.4. The predicted octanol–water partition coefficient (Wildman–Crippen LogP) is 0.961. The minimum Gasteiger partial charge on any atom is -0.390 e. The lowest BCUT2D eigenvalue weighted by molar-refractivity contribution is 0.277. The maximum atomic E-state index is 8.48. The van der Waals surface area contributed by atoms with E-state index in [9.17, 15) is 0 Å². The summed E-state index contributed by atoms with van der Waals surface area (Å²) in [7, 11) is 0. The van der Waals surface area contributed by atoms with Crippen molar-refractivity contribution >= 4 is 12.4 Å². The zero-order valence-corrected chi connectivity index (χ0v) is 7.92. The zero-order chi connectivity index (χ0) is 8.53. The van der Waals surface area contributed by atoms with Gasteiger partial charge in [0.25, 0.3) is 0 Å². The van der Waals surface area contributed by atoms with Gasteiger partial charge in [-0.2, -0.15) is 0 Å². The van der Waals surface area contributed by atoms with Crippen molar-refractivity contribution in [3.05, 3.63) is 30.1 Å². The van der Waals surface area contributed by atoms with Crippen LogP contribution in [0.4, 0.5) is 0 Å². The van der Waals surface area contributed by atoms with E-state index in [-0.39, 0.29) is 19.0 Å². The molecular weight excluding hydrogens is 176 g/mol. The second-order valence-corrected chi connectivity index (χ2v) is 1.89. The van der Waals surface area contributed by atoms with Gasteiger partial charge in [0.05, 0.1) is 12.3 Å². The molecule has 0 fully saturated rings. The van der Waals surface area contributed by atoms with Gasteiger partial charge in [-0.25, -0.2) is 0 Å². The van der Waals surface area contributed by atoms with E-state index in [1.165, 1.54) is 0 Å². The first-order valence-electron chi connectivity index (χ1n) is 3.56. The Kier molecular flexibility index (Phi) is 12.0. The van der Waals surface area contributed by atoms with Crippen molar-refractivity contribution in [3.8, 4) is 0 Å². The number of rotatable bonds is 1. The highest BCUT2D eigenvalue weighted by molar-refractivity contribution is 5.85. The molecule has 4 heteroatoms. The molecule has 1 heterocycles. The molecule has 0 aliphatic carbocycles. The molecule has 0 bridgehead atoms. The van der Waals surface area contributed by atoms with Gasteiger partial charge >= 0.3 is 0 Å². The van der Waals surface area contributed by atoms with Crippen LogP contribution in [0.1, 0.15) is 12.6 Å². The zero-order valence-electron chi connectivity index (χ0n) is 7.10. The molecule has 0 aliphatic heterocycles. The number of aliphatic hydroxyl groups excluding tert-OH is 1. The van der Waals surface area contributed by atoms with Crippen molar-refractivity contribution in [3.63, 3.8) is 0 Å². The summed E-state index contributed by atoms with van der Waals surface area (Å²) < 4.78 is 0. The SMILES string of the molecule is CCN.Cl.OCc1ccccn1. The number of aliphatic hydroxyl groups is 1. The number of nitrogens with zero attached hydrogens (tertiary/aromatic N) is 1. The Balaban J connectivity index is 0. The fourth-order valence-corrected chi connectivity index (χ4v) is 0.492. The summed E-state index contributed by atoms with van der Waals surface area (Å²) in [4.78, 5) is 3.85. The van der Waals surface area contributed by atoms with Crippen molar-refractivity contribution in [1.82, 2.24) is 4.98 Å². The third kappa shape index (κ3) is 7.47. The van der Waals surface area contributed by atoms with Gasteiger partial charge in [-0.05, 0) is 18.7 Å². The minimum absolute atomic E-state index is 0. The van der Waals surface area contributed by atoms with E-state index in [0.29, 0.717) is 5.69 Å². The molecule has 3 nitrogen and oxygen atoms in total. The molecule has 1 rings (SSSR count). The van der Waals surface area contributed by atoms with E-state index in [1.807, 2.05) is 19.1 Å². The molecule has 0 saturated heterocycles. The number of aromatic nitrogens is 1. The molecule has 0 saturated carbocycles. The highest BCUT2D eigenvalue weighted by Crippen LogP contribution is 1.89. The Morgan fingerprint density at radius 2 is 2.08 bits per heavy atom. The molecule has 70 valence electrons. The summed E-state index contributed by atoms with van der Waals surface area (Å²) in [5.41, 5.74) is 5.56. The molecule has 1 aromatic rings. The second-order valence-electron chi connectivity index (χ2n) is 1.89. The highest BCUT2D eigenvalue weighted by Gasteiger charge is 1.82. The molecule has 0 aromatic carbocycles. The number of halogens is 1. The average Bonchev–Trinajstić information content (AvgIpc) is 2.08. The first kappa shape index (κ1) is 13.9. The maximum Gasteiger partial charge on any atom is 0.0852 e. The Bertz CT molecular complexity index is 170. The van der Waals surface area contributed by atoms with Crippen LogP contribution in [0.5, 0.6) is 0 Å². The van der Waals surface area contributed by atoms with Gasteiger partial charge in [0.15, 0.2) is 0 Å². The van der Waals surface area contributed by atoms with Gasteiger partial charge in [-0.3, -0.25) is 4.98 Å². The van der Waals surface area contributed by atoms with E-state index in [4.69, 9.17) is 10.8 Å². The molecule has 0 atom stereocenters. The van der Waals surface area contributed by atoms with Gasteiger partial charge in [-0.15, -0.1) is 12.4 Å². The van der Waals surface area contributed by atoms with Crippen molar-refractivity contribution in [2.45, 2.75) is 13.5 Å². The molecule has 0 spiro atoms. The van der Waals surface area contributed by atoms with Crippen LogP contribution >= 0.6 is 12.4 Å². The number of nitrogens with two attached hydrogens (primary N) is 1. The summed E-state index contributed by atoms with van der Waals surface area (Å²) in [5.74, 6) is 0. The third-order valence-electron chi connectivity index (χ3n) is 0.888. The molecule has 0 unspecified atom stereocenters. The monoisotopic (exact) mass is 190 g/mol. The van der Waals surface area contributed by atoms with Crippen LogP contribution < -0.4 is 5.73 Å². The van der Waals surface area contributed by atoms with Gasteiger partial charge in [0.1, 0.15) is 0 Å². The van der Waals surface area contributed by atoms with Crippen LogP contribution in [0.3, 0.4) is 0 Å². The van der Waals surface area contributed by atoms with Crippen LogP contribution in [0.15, 0.2) is 24.4 Å². The molecule has 0 radical (unpaired) electrons. The van der Waals surface area contributed by atoms with Crippen LogP contribution in [0, 0.1) is 0 Å². The molecule has 1 aromatic heterocycles. The lowest BCUT2D eigenvalue weighted by Gasteiger charge is -1.88. The van der Waals surface area contributed by atoms with Crippen LogP contribution in [0.25, 0.3) is 0 Å². The Hall–Kier alpha value is -0.640. The summed E-state index contributed by atoms with van der Waals surface area (Å²) in [5, 5.41) is 8.48. The molecule has 3 N–H and O–H groups in total. The molecule has 0 amide bonds. The minimum atomic E-state index is 0. The van der Waals surface area contributed by atoms with Gasteiger partial charge in [0.2, 0.25) is 0 Å². The molecular formula is C8H15ClN2O.